The third-order valence-corrected chi connectivity index (χ3v) is 2.73. The summed E-state index contributed by atoms with van der Waals surface area (Å²) in [5.74, 6) is 0.349. The van der Waals surface area contributed by atoms with Crippen LogP contribution in [0.4, 0.5) is 0 Å². The van der Waals surface area contributed by atoms with Crippen molar-refractivity contribution in [3.05, 3.63) is 28.5 Å². The number of hydrogen-bond donors (Lipinski definition) is 0. The molecule has 5 heteroatoms. The first-order valence-electron chi connectivity index (χ1n) is 4.12. The first kappa shape index (κ1) is 9.21. The standard InChI is InChI=1S/C9H7NO3S/c1-2-14-7-3-6(11)9-5(8(7)12)4-10-13-9/h3-4H,2H2,1H3. The van der Waals surface area contributed by atoms with E-state index in [0.29, 0.717) is 4.91 Å². The van der Waals surface area contributed by atoms with Crippen LogP contribution in [-0.4, -0.2) is 22.5 Å². The van der Waals surface area contributed by atoms with E-state index in [4.69, 9.17) is 4.52 Å². The molecule has 0 saturated carbocycles. The molecule has 0 N–H and O–H groups in total. The van der Waals surface area contributed by atoms with Gasteiger partial charge in [0.2, 0.25) is 17.3 Å². The Labute approximate surface area is 84.3 Å². The molecule has 0 aromatic carbocycles. The molecule has 0 aliphatic heterocycles. The summed E-state index contributed by atoms with van der Waals surface area (Å²) in [4.78, 5) is 23.5. The van der Waals surface area contributed by atoms with Crippen molar-refractivity contribution in [1.29, 1.82) is 0 Å². The van der Waals surface area contributed by atoms with Gasteiger partial charge in [-0.15, -0.1) is 11.8 Å². The maximum absolute atomic E-state index is 11.7. The Morgan fingerprint density at radius 2 is 2.29 bits per heavy atom. The monoisotopic (exact) mass is 209 g/mol. The number of hydrogen-bond acceptors (Lipinski definition) is 5. The third kappa shape index (κ3) is 1.29. The average Bonchev–Trinajstić information content (AvgIpc) is 2.63. The van der Waals surface area contributed by atoms with Gasteiger partial charge >= 0.3 is 0 Å². The fraction of sp³-hybridized carbons (Fsp3) is 0.222. The Morgan fingerprint density at radius 3 is 3.00 bits per heavy atom. The summed E-state index contributed by atoms with van der Waals surface area (Å²) in [5, 5.41) is 3.44. The van der Waals surface area contributed by atoms with Crippen molar-refractivity contribution in [3.8, 4) is 0 Å². The van der Waals surface area contributed by atoms with Crippen molar-refractivity contribution < 1.29 is 14.1 Å². The third-order valence-electron chi connectivity index (χ3n) is 1.82. The maximum Gasteiger partial charge on any atom is 0.225 e. The number of carbonyl (C=O) groups is 2. The highest BCUT2D eigenvalue weighted by atomic mass is 32.2. The number of rotatable bonds is 2. The smallest absolute Gasteiger partial charge is 0.225 e. The van der Waals surface area contributed by atoms with Gasteiger partial charge in [0.15, 0.2) is 0 Å². The zero-order valence-electron chi connectivity index (χ0n) is 7.44. The van der Waals surface area contributed by atoms with Crippen LogP contribution >= 0.6 is 11.8 Å². The second-order valence-corrected chi connectivity index (χ2v) is 4.01. The fourth-order valence-corrected chi connectivity index (χ4v) is 1.97. The Bertz CT molecular complexity index is 433. The van der Waals surface area contributed by atoms with E-state index in [9.17, 15) is 9.59 Å². The van der Waals surface area contributed by atoms with Gasteiger partial charge in [-0.2, -0.15) is 0 Å². The lowest BCUT2D eigenvalue weighted by molar-refractivity contribution is 0.0967. The lowest BCUT2D eigenvalue weighted by Gasteiger charge is -2.07. The average molecular weight is 209 g/mol. The number of aromatic nitrogens is 1. The summed E-state index contributed by atoms with van der Waals surface area (Å²) >= 11 is 1.35. The SMILES string of the molecule is CCSC1=CC(=O)c2oncc2C1=O. The summed E-state index contributed by atoms with van der Waals surface area (Å²) in [6.07, 6.45) is 2.60. The van der Waals surface area contributed by atoms with Gasteiger partial charge in [-0.25, -0.2) is 0 Å². The highest BCUT2D eigenvalue weighted by Gasteiger charge is 2.29. The van der Waals surface area contributed by atoms with Crippen LogP contribution in [0.5, 0.6) is 0 Å². The Kier molecular flexibility index (Phi) is 2.25. The molecular formula is C9H7NO3S. The molecule has 1 heterocycles. The minimum Gasteiger partial charge on any atom is -0.352 e. The van der Waals surface area contributed by atoms with Gasteiger partial charge in [0.1, 0.15) is 0 Å². The van der Waals surface area contributed by atoms with Crippen molar-refractivity contribution in [2.45, 2.75) is 6.92 Å². The van der Waals surface area contributed by atoms with Gasteiger partial charge < -0.3 is 4.52 Å². The van der Waals surface area contributed by atoms with E-state index in [-0.39, 0.29) is 22.9 Å². The molecule has 1 aliphatic carbocycles. The number of thioether (sulfide) groups is 1. The lowest BCUT2D eigenvalue weighted by Crippen LogP contribution is -2.13. The minimum atomic E-state index is -0.284. The number of nitrogens with zero attached hydrogens (tertiary/aromatic N) is 1. The summed E-state index contributed by atoms with van der Waals surface area (Å²) in [7, 11) is 0. The number of allylic oxidation sites excluding steroid dienone is 2. The van der Waals surface area contributed by atoms with Crippen LogP contribution in [0.1, 0.15) is 27.8 Å². The quantitative estimate of drug-likeness (QED) is 0.741. The highest BCUT2D eigenvalue weighted by Crippen LogP contribution is 2.27. The van der Waals surface area contributed by atoms with Gasteiger partial charge in [-0.05, 0) is 5.75 Å². The van der Waals surface area contributed by atoms with Crippen LogP contribution in [0.2, 0.25) is 0 Å². The zero-order valence-corrected chi connectivity index (χ0v) is 8.26. The number of fused-ring (bicyclic) bond motifs is 1. The van der Waals surface area contributed by atoms with E-state index in [2.05, 4.69) is 5.16 Å². The van der Waals surface area contributed by atoms with E-state index in [1.54, 1.807) is 0 Å². The predicted octanol–water partition coefficient (Wildman–Crippen LogP) is 1.69. The lowest BCUT2D eigenvalue weighted by atomic mass is 10.0. The Hall–Kier alpha value is -1.36. The maximum atomic E-state index is 11.7. The normalized spacial score (nSPS) is 15.4. The van der Waals surface area contributed by atoms with Crippen LogP contribution in [0.15, 0.2) is 21.7 Å². The van der Waals surface area contributed by atoms with Gasteiger partial charge in [-0.1, -0.05) is 12.1 Å². The molecule has 0 amide bonds. The summed E-state index contributed by atoms with van der Waals surface area (Å²) in [5.41, 5.74) is 0.272. The predicted molar refractivity (Wildman–Crippen MR) is 51.4 cm³/mol. The van der Waals surface area contributed by atoms with Crippen molar-refractivity contribution in [1.82, 2.24) is 5.16 Å². The number of ketones is 2. The molecular weight excluding hydrogens is 202 g/mol. The van der Waals surface area contributed by atoms with Gasteiger partial charge in [-0.3, -0.25) is 9.59 Å². The van der Waals surface area contributed by atoms with E-state index >= 15 is 0 Å². The second-order valence-electron chi connectivity index (χ2n) is 2.70. The summed E-state index contributed by atoms with van der Waals surface area (Å²) in [6.45, 7) is 1.92. The van der Waals surface area contributed by atoms with Crippen molar-refractivity contribution >= 4 is 23.3 Å². The van der Waals surface area contributed by atoms with E-state index in [0.717, 1.165) is 5.75 Å². The fourth-order valence-electron chi connectivity index (χ4n) is 1.22. The van der Waals surface area contributed by atoms with Gasteiger partial charge in [0.05, 0.1) is 16.7 Å². The number of carbonyl (C=O) groups excluding carboxylic acids is 2. The topological polar surface area (TPSA) is 60.2 Å². The van der Waals surface area contributed by atoms with Crippen LogP contribution in [-0.2, 0) is 0 Å². The highest BCUT2D eigenvalue weighted by molar-refractivity contribution is 8.04. The van der Waals surface area contributed by atoms with Crippen molar-refractivity contribution in [3.63, 3.8) is 0 Å². The first-order chi connectivity index (χ1) is 6.74. The van der Waals surface area contributed by atoms with E-state index in [1.165, 1.54) is 24.0 Å². The summed E-state index contributed by atoms with van der Waals surface area (Å²) < 4.78 is 4.69. The molecule has 0 saturated heterocycles. The molecule has 2 rings (SSSR count). The van der Waals surface area contributed by atoms with Gasteiger partial charge in [0.25, 0.3) is 0 Å². The molecule has 0 bridgehead atoms. The molecule has 0 radical (unpaired) electrons. The molecule has 0 fully saturated rings. The molecule has 14 heavy (non-hydrogen) atoms. The molecule has 4 nitrogen and oxygen atoms in total. The van der Waals surface area contributed by atoms with Crippen LogP contribution in [0.3, 0.4) is 0 Å². The van der Waals surface area contributed by atoms with E-state index < -0.39 is 0 Å². The molecule has 0 atom stereocenters. The second kappa shape index (κ2) is 3.42. The molecule has 0 unspecified atom stereocenters. The summed E-state index contributed by atoms with van der Waals surface area (Å²) in [6, 6.07) is 0. The number of Topliss-reactive ketones (excluding diaryl/α,β-unsaturated/α-hetero) is 1. The Balaban J connectivity index is 2.44. The van der Waals surface area contributed by atoms with E-state index in [1.807, 2.05) is 6.92 Å². The molecule has 0 spiro atoms. The van der Waals surface area contributed by atoms with Crippen LogP contribution < -0.4 is 0 Å². The van der Waals surface area contributed by atoms with Crippen LogP contribution in [0, 0.1) is 0 Å². The molecule has 1 aromatic rings. The molecule has 1 aromatic heterocycles. The molecule has 72 valence electrons. The van der Waals surface area contributed by atoms with Crippen LogP contribution in [0.25, 0.3) is 0 Å². The van der Waals surface area contributed by atoms with Crippen molar-refractivity contribution in [2.24, 2.45) is 0 Å². The first-order valence-corrected chi connectivity index (χ1v) is 5.10. The minimum absolute atomic E-state index is 0.0513. The Morgan fingerprint density at radius 1 is 1.50 bits per heavy atom. The largest absolute Gasteiger partial charge is 0.352 e. The van der Waals surface area contributed by atoms with Gasteiger partial charge in [0, 0.05) is 6.08 Å². The van der Waals surface area contributed by atoms with Crippen molar-refractivity contribution in [2.75, 3.05) is 5.75 Å². The zero-order chi connectivity index (χ0) is 10.1. The molecule has 1 aliphatic rings.